The summed E-state index contributed by atoms with van der Waals surface area (Å²) in [6.07, 6.45) is 6.26. The number of nitrogens with zero attached hydrogens (tertiary/aromatic N) is 5. The van der Waals surface area contributed by atoms with E-state index in [2.05, 4.69) is 25.5 Å². The Balaban J connectivity index is 1.61. The summed E-state index contributed by atoms with van der Waals surface area (Å²) >= 11 is 0. The second kappa shape index (κ2) is 7.69. The third kappa shape index (κ3) is 3.96. The van der Waals surface area contributed by atoms with Crippen LogP contribution in [0, 0.1) is 0 Å². The lowest BCUT2D eigenvalue weighted by atomic mass is 10.3. The molecule has 0 bridgehead atoms. The predicted octanol–water partition coefficient (Wildman–Crippen LogP) is 2.54. The molecule has 0 aliphatic heterocycles. The van der Waals surface area contributed by atoms with Crippen LogP contribution >= 0.6 is 0 Å². The average Bonchev–Trinajstić information content (AvgIpc) is 3.26. The van der Waals surface area contributed by atoms with Crippen molar-refractivity contribution in [1.82, 2.24) is 24.9 Å². The number of rotatable bonds is 8. The maximum Gasteiger partial charge on any atom is 0.249 e. The van der Waals surface area contributed by atoms with Crippen LogP contribution in [-0.2, 0) is 11.3 Å². The summed E-state index contributed by atoms with van der Waals surface area (Å²) in [4.78, 5) is 8.47. The first-order chi connectivity index (χ1) is 11.8. The molecule has 0 saturated heterocycles. The maximum absolute atomic E-state index is 5.34. The predicted molar refractivity (Wildman–Crippen MR) is 88.3 cm³/mol. The van der Waals surface area contributed by atoms with Crippen molar-refractivity contribution in [2.24, 2.45) is 0 Å². The molecule has 1 atom stereocenters. The number of ether oxygens (including phenoxy) is 1. The summed E-state index contributed by atoms with van der Waals surface area (Å²) in [6.45, 7) is 3.48. The number of aromatic nitrogens is 5. The minimum Gasteiger partial charge on any atom is -0.385 e. The Hall–Kier alpha value is -2.74. The van der Waals surface area contributed by atoms with Gasteiger partial charge in [-0.1, -0.05) is 5.16 Å². The van der Waals surface area contributed by atoms with E-state index in [-0.39, 0.29) is 6.04 Å². The first-order valence-electron chi connectivity index (χ1n) is 7.79. The van der Waals surface area contributed by atoms with Gasteiger partial charge in [0.2, 0.25) is 11.7 Å². The van der Waals surface area contributed by atoms with E-state index < -0.39 is 0 Å². The molecule has 0 saturated carbocycles. The smallest absolute Gasteiger partial charge is 0.249 e. The van der Waals surface area contributed by atoms with Crippen molar-refractivity contribution in [3.8, 4) is 11.4 Å². The van der Waals surface area contributed by atoms with E-state index in [1.807, 2.05) is 36.0 Å². The molecule has 3 rings (SSSR count). The molecule has 8 nitrogen and oxygen atoms in total. The van der Waals surface area contributed by atoms with Crippen molar-refractivity contribution in [3.05, 3.63) is 42.7 Å². The van der Waals surface area contributed by atoms with Crippen molar-refractivity contribution < 1.29 is 9.26 Å². The Bertz CT molecular complexity index is 755. The molecule has 0 aliphatic rings. The summed E-state index contributed by atoms with van der Waals surface area (Å²) in [5.41, 5.74) is 0.821. The zero-order valence-electron chi connectivity index (χ0n) is 13.7. The molecule has 0 radical (unpaired) electrons. The van der Waals surface area contributed by atoms with Crippen molar-refractivity contribution >= 4 is 5.82 Å². The number of anilines is 1. The fraction of sp³-hybridized carbons (Fsp3) is 0.375. The molecule has 3 heterocycles. The third-order valence-electron chi connectivity index (χ3n) is 3.47. The third-order valence-corrected chi connectivity index (χ3v) is 3.47. The highest BCUT2D eigenvalue weighted by Crippen LogP contribution is 2.20. The van der Waals surface area contributed by atoms with E-state index in [9.17, 15) is 0 Å². The van der Waals surface area contributed by atoms with Gasteiger partial charge in [0, 0.05) is 50.5 Å². The monoisotopic (exact) mass is 328 g/mol. The lowest BCUT2D eigenvalue weighted by Crippen LogP contribution is -2.08. The number of aryl methyl sites for hydroxylation is 1. The van der Waals surface area contributed by atoms with Crippen LogP contribution in [0.2, 0.25) is 0 Å². The first-order valence-corrected chi connectivity index (χ1v) is 7.79. The van der Waals surface area contributed by atoms with Gasteiger partial charge >= 0.3 is 0 Å². The van der Waals surface area contributed by atoms with E-state index in [0.29, 0.717) is 11.7 Å². The van der Waals surface area contributed by atoms with Crippen molar-refractivity contribution in [2.75, 3.05) is 19.0 Å². The van der Waals surface area contributed by atoms with Crippen LogP contribution in [-0.4, -0.2) is 38.6 Å². The van der Waals surface area contributed by atoms with Gasteiger partial charge in [-0.25, -0.2) is 0 Å². The lowest BCUT2D eigenvalue weighted by molar-refractivity contribution is 0.189. The molecule has 1 N–H and O–H groups in total. The number of nitrogens with one attached hydrogen (secondary N) is 1. The first kappa shape index (κ1) is 16.1. The van der Waals surface area contributed by atoms with Gasteiger partial charge in [-0.2, -0.15) is 10.1 Å². The van der Waals surface area contributed by atoms with Gasteiger partial charge in [-0.3, -0.25) is 9.67 Å². The molecule has 3 aromatic rings. The average molecular weight is 328 g/mol. The van der Waals surface area contributed by atoms with Crippen LogP contribution in [0.5, 0.6) is 0 Å². The standard InChI is InChI=1S/C16H20N6O2/c1-12(18-14-6-9-22(20-14)8-4-10-23-2)16-19-15(21-24-16)13-5-3-7-17-11-13/h3,5-7,9,11-12H,4,8,10H2,1-2H3,(H,18,20)/t12-/m1/s1. The Morgan fingerprint density at radius 3 is 3.08 bits per heavy atom. The molecule has 0 unspecified atom stereocenters. The van der Waals surface area contributed by atoms with Gasteiger partial charge < -0.3 is 14.6 Å². The SMILES string of the molecule is COCCCn1ccc(N[C@H](C)c2nc(-c3cccnc3)no2)n1. The number of hydrogen-bond donors (Lipinski definition) is 1. The van der Waals surface area contributed by atoms with Crippen LogP contribution < -0.4 is 5.32 Å². The van der Waals surface area contributed by atoms with Crippen molar-refractivity contribution in [1.29, 1.82) is 0 Å². The van der Waals surface area contributed by atoms with Crippen molar-refractivity contribution in [2.45, 2.75) is 25.9 Å². The quantitative estimate of drug-likeness (QED) is 0.635. The Morgan fingerprint density at radius 1 is 1.38 bits per heavy atom. The zero-order chi connectivity index (χ0) is 16.8. The highest BCUT2D eigenvalue weighted by Gasteiger charge is 2.16. The second-order valence-electron chi connectivity index (χ2n) is 5.37. The fourth-order valence-corrected chi connectivity index (χ4v) is 2.24. The summed E-state index contributed by atoms with van der Waals surface area (Å²) in [5, 5.41) is 11.7. The van der Waals surface area contributed by atoms with Crippen LogP contribution in [0.4, 0.5) is 5.82 Å². The van der Waals surface area contributed by atoms with Crippen molar-refractivity contribution in [3.63, 3.8) is 0 Å². The highest BCUT2D eigenvalue weighted by atomic mass is 16.5. The number of pyridine rings is 1. The molecule has 8 heteroatoms. The van der Waals surface area contributed by atoms with Gasteiger partial charge in [0.25, 0.3) is 0 Å². The molecule has 0 amide bonds. The largest absolute Gasteiger partial charge is 0.385 e. The van der Waals surface area contributed by atoms with E-state index in [1.165, 1.54) is 0 Å². The summed E-state index contributed by atoms with van der Waals surface area (Å²) in [5.74, 6) is 1.79. The van der Waals surface area contributed by atoms with E-state index in [0.717, 1.165) is 31.0 Å². The van der Waals surface area contributed by atoms with Gasteiger partial charge in [0.05, 0.1) is 0 Å². The molecule has 24 heavy (non-hydrogen) atoms. The van der Waals surface area contributed by atoms with E-state index in [4.69, 9.17) is 9.26 Å². The molecule has 126 valence electrons. The molecule has 0 aromatic carbocycles. The van der Waals surface area contributed by atoms with Gasteiger partial charge in [0.1, 0.15) is 11.9 Å². The van der Waals surface area contributed by atoms with Crippen LogP contribution in [0.3, 0.4) is 0 Å². The molecule has 3 aromatic heterocycles. The minimum absolute atomic E-state index is 0.148. The Morgan fingerprint density at radius 2 is 2.29 bits per heavy atom. The lowest BCUT2D eigenvalue weighted by Gasteiger charge is -2.07. The summed E-state index contributed by atoms with van der Waals surface area (Å²) < 4.78 is 12.3. The van der Waals surface area contributed by atoms with Gasteiger partial charge in [-0.05, 0) is 25.5 Å². The summed E-state index contributed by atoms with van der Waals surface area (Å²) in [7, 11) is 1.70. The maximum atomic E-state index is 5.34. The molecule has 0 fully saturated rings. The van der Waals surface area contributed by atoms with Crippen LogP contribution in [0.1, 0.15) is 25.3 Å². The number of methoxy groups -OCH3 is 1. The van der Waals surface area contributed by atoms with Crippen LogP contribution in [0.15, 0.2) is 41.3 Å². The zero-order valence-corrected chi connectivity index (χ0v) is 13.7. The normalized spacial score (nSPS) is 12.2. The second-order valence-corrected chi connectivity index (χ2v) is 5.37. The fourth-order valence-electron chi connectivity index (χ4n) is 2.24. The topological polar surface area (TPSA) is 90.9 Å². The van der Waals surface area contributed by atoms with Crippen LogP contribution in [0.25, 0.3) is 11.4 Å². The Labute approximate surface area is 139 Å². The molecule has 0 aliphatic carbocycles. The minimum atomic E-state index is -0.148. The van der Waals surface area contributed by atoms with Gasteiger partial charge in [-0.15, -0.1) is 0 Å². The van der Waals surface area contributed by atoms with Gasteiger partial charge in [0.15, 0.2) is 0 Å². The molecule has 0 spiro atoms. The Kier molecular flexibility index (Phi) is 5.17. The van der Waals surface area contributed by atoms with E-state index in [1.54, 1.807) is 19.5 Å². The number of hydrogen-bond acceptors (Lipinski definition) is 7. The molecular formula is C16H20N6O2. The van der Waals surface area contributed by atoms with E-state index >= 15 is 0 Å². The highest BCUT2D eigenvalue weighted by molar-refractivity contribution is 5.52. The summed E-state index contributed by atoms with van der Waals surface area (Å²) in [6, 6.07) is 5.50. The molecular weight excluding hydrogens is 308 g/mol.